The SMILES string of the molecule is CCCn1c2nc(C3CCCC3)nc-2c2n(c1=O)CC(Cc1nc3ccccc3[nH]1)N2.Cl. The van der Waals surface area contributed by atoms with E-state index in [0.717, 1.165) is 59.3 Å². The van der Waals surface area contributed by atoms with Crippen molar-refractivity contribution in [3.63, 3.8) is 0 Å². The molecule has 1 atom stereocenters. The highest BCUT2D eigenvalue weighted by Crippen LogP contribution is 2.37. The zero-order chi connectivity index (χ0) is 20.9. The van der Waals surface area contributed by atoms with Crippen LogP contribution in [0.2, 0.25) is 0 Å². The fourth-order valence-corrected chi connectivity index (χ4v) is 5.18. The fraction of sp³-hybridized carbons (Fsp3) is 0.478. The van der Waals surface area contributed by atoms with Gasteiger partial charge in [0.05, 0.1) is 17.1 Å². The minimum Gasteiger partial charge on any atom is -0.364 e. The summed E-state index contributed by atoms with van der Waals surface area (Å²) in [7, 11) is 0. The summed E-state index contributed by atoms with van der Waals surface area (Å²) < 4.78 is 3.66. The van der Waals surface area contributed by atoms with Crippen LogP contribution in [-0.2, 0) is 19.5 Å². The molecule has 1 saturated carbocycles. The van der Waals surface area contributed by atoms with E-state index < -0.39 is 0 Å². The van der Waals surface area contributed by atoms with Gasteiger partial charge in [0.15, 0.2) is 5.82 Å². The summed E-state index contributed by atoms with van der Waals surface area (Å²) in [5, 5.41) is 3.57. The van der Waals surface area contributed by atoms with Crippen LogP contribution in [0.15, 0.2) is 29.1 Å². The Balaban J connectivity index is 0.00000216. The first-order valence-corrected chi connectivity index (χ1v) is 11.4. The van der Waals surface area contributed by atoms with Crippen molar-refractivity contribution in [2.75, 3.05) is 5.32 Å². The number of para-hydroxylation sites is 2. The Morgan fingerprint density at radius 3 is 2.72 bits per heavy atom. The van der Waals surface area contributed by atoms with E-state index in [1.54, 1.807) is 0 Å². The van der Waals surface area contributed by atoms with Crippen LogP contribution >= 0.6 is 12.4 Å². The summed E-state index contributed by atoms with van der Waals surface area (Å²) >= 11 is 0. The van der Waals surface area contributed by atoms with E-state index in [2.05, 4.69) is 17.2 Å². The molecule has 3 aliphatic heterocycles. The molecule has 9 heteroatoms. The number of aromatic nitrogens is 6. The average Bonchev–Trinajstić information content (AvgIpc) is 3.55. The number of nitrogens with one attached hydrogen (secondary N) is 2. The van der Waals surface area contributed by atoms with Crippen LogP contribution in [0.25, 0.3) is 22.6 Å². The van der Waals surface area contributed by atoms with Gasteiger partial charge in [0, 0.05) is 25.4 Å². The lowest BCUT2D eigenvalue weighted by molar-refractivity contribution is 0.556. The van der Waals surface area contributed by atoms with Crippen LogP contribution < -0.4 is 11.0 Å². The molecule has 0 spiro atoms. The Morgan fingerprint density at radius 1 is 1.12 bits per heavy atom. The molecule has 1 aromatic carbocycles. The number of H-pyrrole nitrogens is 1. The number of aromatic amines is 1. The summed E-state index contributed by atoms with van der Waals surface area (Å²) in [5.74, 6) is 3.80. The number of anilines is 1. The molecule has 1 aliphatic carbocycles. The van der Waals surface area contributed by atoms with Gasteiger partial charge in [-0.05, 0) is 31.4 Å². The Kier molecular flexibility index (Phi) is 5.41. The number of halogens is 1. The standard InChI is InChI=1S/C23H27N7O.ClH/c1-2-11-29-22-19(27-20(28-22)14-7-3-4-8-14)21-24-15(13-30(21)23(29)31)12-18-25-16-9-5-6-10-17(16)26-18;/h5-6,9-10,14-15,24H,2-4,7-8,11-13H2,1H3,(H,25,26);1H. The van der Waals surface area contributed by atoms with Gasteiger partial charge in [-0.15, -0.1) is 12.4 Å². The Hall–Kier alpha value is -2.87. The van der Waals surface area contributed by atoms with Crippen molar-refractivity contribution >= 4 is 29.3 Å². The molecule has 2 aromatic rings. The number of hydrogen-bond acceptors (Lipinski definition) is 5. The molecular formula is C23H28ClN7O. The van der Waals surface area contributed by atoms with Crippen LogP contribution in [0.1, 0.15) is 56.6 Å². The molecule has 1 aromatic heterocycles. The van der Waals surface area contributed by atoms with Crippen LogP contribution in [0.3, 0.4) is 0 Å². The van der Waals surface area contributed by atoms with Gasteiger partial charge in [-0.25, -0.2) is 19.7 Å². The molecule has 0 saturated heterocycles. The van der Waals surface area contributed by atoms with Crippen LogP contribution in [-0.4, -0.2) is 35.1 Å². The average molecular weight is 454 g/mol. The predicted molar refractivity (Wildman–Crippen MR) is 127 cm³/mol. The molecule has 2 N–H and O–H groups in total. The van der Waals surface area contributed by atoms with E-state index in [9.17, 15) is 4.79 Å². The van der Waals surface area contributed by atoms with E-state index in [-0.39, 0.29) is 24.1 Å². The predicted octanol–water partition coefficient (Wildman–Crippen LogP) is 3.95. The number of hydrogen-bond donors (Lipinski definition) is 2. The fourth-order valence-electron chi connectivity index (χ4n) is 5.18. The van der Waals surface area contributed by atoms with Gasteiger partial charge in [0.1, 0.15) is 23.2 Å². The Bertz CT molecular complexity index is 1250. The molecule has 8 nitrogen and oxygen atoms in total. The maximum absolute atomic E-state index is 13.3. The van der Waals surface area contributed by atoms with Crippen LogP contribution in [0.4, 0.5) is 5.82 Å². The van der Waals surface area contributed by atoms with Crippen molar-refractivity contribution < 1.29 is 0 Å². The van der Waals surface area contributed by atoms with Crippen molar-refractivity contribution in [2.24, 2.45) is 0 Å². The van der Waals surface area contributed by atoms with E-state index >= 15 is 0 Å². The lowest BCUT2D eigenvalue weighted by atomic mass is 10.1. The third kappa shape index (κ3) is 3.37. The monoisotopic (exact) mass is 453 g/mol. The second-order valence-corrected chi connectivity index (χ2v) is 8.87. The van der Waals surface area contributed by atoms with Gasteiger partial charge in [0.25, 0.3) is 0 Å². The molecule has 0 bridgehead atoms. The lowest BCUT2D eigenvalue weighted by Crippen LogP contribution is -2.32. The maximum Gasteiger partial charge on any atom is 0.331 e. The van der Waals surface area contributed by atoms with E-state index in [1.807, 2.05) is 33.4 Å². The summed E-state index contributed by atoms with van der Waals surface area (Å²) in [5.41, 5.74) is 2.84. The van der Waals surface area contributed by atoms with Crippen LogP contribution in [0.5, 0.6) is 0 Å². The van der Waals surface area contributed by atoms with E-state index in [1.165, 1.54) is 12.8 Å². The van der Waals surface area contributed by atoms with Gasteiger partial charge < -0.3 is 10.3 Å². The smallest absolute Gasteiger partial charge is 0.331 e. The Labute approximate surface area is 192 Å². The molecule has 4 heterocycles. The zero-order valence-electron chi connectivity index (χ0n) is 18.2. The zero-order valence-corrected chi connectivity index (χ0v) is 19.0. The minimum atomic E-state index is 0. The maximum atomic E-state index is 13.3. The second-order valence-electron chi connectivity index (χ2n) is 8.87. The van der Waals surface area contributed by atoms with Gasteiger partial charge in [-0.2, -0.15) is 0 Å². The molecule has 1 fully saturated rings. The van der Waals surface area contributed by atoms with Gasteiger partial charge in [0.2, 0.25) is 0 Å². The van der Waals surface area contributed by atoms with Crippen molar-refractivity contribution in [1.82, 2.24) is 29.1 Å². The molecule has 32 heavy (non-hydrogen) atoms. The number of benzene rings is 1. The highest BCUT2D eigenvalue weighted by Gasteiger charge is 2.33. The highest BCUT2D eigenvalue weighted by atomic mass is 35.5. The van der Waals surface area contributed by atoms with Crippen LogP contribution in [0, 0.1) is 0 Å². The molecular weight excluding hydrogens is 426 g/mol. The van der Waals surface area contributed by atoms with Crippen molar-refractivity contribution in [1.29, 1.82) is 0 Å². The van der Waals surface area contributed by atoms with E-state index in [0.29, 0.717) is 25.4 Å². The summed E-state index contributed by atoms with van der Waals surface area (Å²) in [6.45, 7) is 3.36. The van der Waals surface area contributed by atoms with E-state index in [4.69, 9.17) is 15.0 Å². The summed E-state index contributed by atoms with van der Waals surface area (Å²) in [6.07, 6.45) is 6.37. The molecule has 6 rings (SSSR count). The Morgan fingerprint density at radius 2 is 1.94 bits per heavy atom. The first-order valence-electron chi connectivity index (χ1n) is 11.4. The minimum absolute atomic E-state index is 0. The third-order valence-corrected chi connectivity index (χ3v) is 6.66. The van der Waals surface area contributed by atoms with Gasteiger partial charge >= 0.3 is 5.69 Å². The highest BCUT2D eigenvalue weighted by molar-refractivity contribution is 5.85. The second kappa shape index (κ2) is 8.24. The van der Waals surface area contributed by atoms with Crippen molar-refractivity contribution in [3.8, 4) is 11.5 Å². The normalized spacial score (nSPS) is 18.2. The number of imidazole rings is 2. The molecule has 168 valence electrons. The van der Waals surface area contributed by atoms with Gasteiger partial charge in [-0.1, -0.05) is 31.9 Å². The molecule has 4 aliphatic rings. The molecule has 0 amide bonds. The summed E-state index contributed by atoms with van der Waals surface area (Å²) in [6, 6.07) is 8.13. The van der Waals surface area contributed by atoms with Crippen molar-refractivity contribution in [2.45, 2.75) is 70.5 Å². The number of rotatable bonds is 5. The quantitative estimate of drug-likeness (QED) is 0.477. The van der Waals surface area contributed by atoms with Gasteiger partial charge in [-0.3, -0.25) is 9.13 Å². The number of fused-ring (bicyclic) bond motifs is 4. The lowest BCUT2D eigenvalue weighted by Gasteiger charge is -2.13. The largest absolute Gasteiger partial charge is 0.364 e. The first-order chi connectivity index (χ1) is 15.2. The first kappa shape index (κ1) is 21.0. The topological polar surface area (TPSA) is 93.4 Å². The summed E-state index contributed by atoms with van der Waals surface area (Å²) in [4.78, 5) is 31.3. The molecule has 1 unspecified atom stereocenters. The molecule has 0 radical (unpaired) electrons. The van der Waals surface area contributed by atoms with Crippen molar-refractivity contribution in [3.05, 3.63) is 46.4 Å². The number of nitrogens with zero attached hydrogens (tertiary/aromatic N) is 5. The third-order valence-electron chi connectivity index (χ3n) is 6.66.